The third-order valence-electron chi connectivity index (χ3n) is 3.28. The largest absolute Gasteiger partial charge is 0.464 e. The molecule has 1 aliphatic rings. The molecule has 1 amide bonds. The maximum atomic E-state index is 11.9. The average molecular weight is 327 g/mol. The molecule has 0 bridgehead atoms. The van der Waals surface area contributed by atoms with Crippen LogP contribution < -0.4 is 0 Å². The van der Waals surface area contributed by atoms with Crippen molar-refractivity contribution in [3.63, 3.8) is 0 Å². The van der Waals surface area contributed by atoms with E-state index in [9.17, 15) is 9.59 Å². The number of amides is 1. The monoisotopic (exact) mass is 327 g/mol. The maximum Gasteiger partial charge on any atom is 0.410 e. The van der Waals surface area contributed by atoms with Crippen molar-refractivity contribution in [2.24, 2.45) is 5.92 Å². The van der Waals surface area contributed by atoms with Crippen molar-refractivity contribution in [1.82, 2.24) is 4.90 Å². The molecule has 2 unspecified atom stereocenters. The number of hydrogen-bond donors (Lipinski definition) is 0. The third kappa shape index (κ3) is 6.62. The number of rotatable bonds is 4. The molecular formula is C14H25FeNO4. The average Bonchev–Trinajstić information content (AvgIpc) is 2.29. The fourth-order valence-electron chi connectivity index (χ4n) is 2.40. The Balaban J connectivity index is 0.00000361. The van der Waals surface area contributed by atoms with Crippen LogP contribution in [0.3, 0.4) is 0 Å². The van der Waals surface area contributed by atoms with Gasteiger partial charge in [-0.3, -0.25) is 4.79 Å². The molecule has 20 heavy (non-hydrogen) atoms. The van der Waals surface area contributed by atoms with Crippen LogP contribution >= 0.6 is 0 Å². The van der Waals surface area contributed by atoms with Crippen molar-refractivity contribution in [2.75, 3.05) is 13.6 Å². The summed E-state index contributed by atoms with van der Waals surface area (Å²) >= 11 is 0. The second-order valence-corrected chi connectivity index (χ2v) is 6.18. The van der Waals surface area contributed by atoms with Gasteiger partial charge in [-0.05, 0) is 40.0 Å². The molecule has 5 nitrogen and oxygen atoms in total. The van der Waals surface area contributed by atoms with E-state index in [-0.39, 0.29) is 35.2 Å². The minimum absolute atomic E-state index is 0. The minimum Gasteiger partial charge on any atom is -0.464 e. The van der Waals surface area contributed by atoms with Crippen LogP contribution in [0.2, 0.25) is 0 Å². The van der Waals surface area contributed by atoms with Gasteiger partial charge in [0.25, 0.3) is 6.47 Å². The van der Waals surface area contributed by atoms with Gasteiger partial charge in [-0.1, -0.05) is 6.42 Å². The van der Waals surface area contributed by atoms with E-state index in [1.54, 1.807) is 11.9 Å². The molecule has 0 saturated heterocycles. The van der Waals surface area contributed by atoms with E-state index in [0.717, 1.165) is 25.7 Å². The Morgan fingerprint density at radius 1 is 1.30 bits per heavy atom. The smallest absolute Gasteiger partial charge is 0.410 e. The Morgan fingerprint density at radius 3 is 2.45 bits per heavy atom. The summed E-state index contributed by atoms with van der Waals surface area (Å²) in [5.41, 5.74) is -0.489. The van der Waals surface area contributed by atoms with E-state index < -0.39 is 5.60 Å². The molecule has 1 rings (SSSR count). The van der Waals surface area contributed by atoms with E-state index in [1.165, 1.54) is 0 Å². The van der Waals surface area contributed by atoms with Crippen molar-refractivity contribution in [3.8, 4) is 0 Å². The van der Waals surface area contributed by atoms with Crippen LogP contribution in [-0.2, 0) is 31.3 Å². The first-order valence-corrected chi connectivity index (χ1v) is 6.86. The summed E-state index contributed by atoms with van der Waals surface area (Å²) in [6.07, 6.45) is 3.65. The number of ether oxygens (including phenoxy) is 2. The molecule has 0 heterocycles. The quantitative estimate of drug-likeness (QED) is 0.588. The summed E-state index contributed by atoms with van der Waals surface area (Å²) in [5.74, 6) is 0.205. The molecular weight excluding hydrogens is 302 g/mol. The Labute approximate surface area is 131 Å². The second kappa shape index (κ2) is 8.53. The Kier molecular flexibility index (Phi) is 8.21. The fourth-order valence-corrected chi connectivity index (χ4v) is 2.40. The van der Waals surface area contributed by atoms with Crippen molar-refractivity contribution in [1.29, 1.82) is 0 Å². The van der Waals surface area contributed by atoms with Gasteiger partial charge >= 0.3 is 6.09 Å². The molecule has 0 N–H and O–H groups in total. The summed E-state index contributed by atoms with van der Waals surface area (Å²) in [6.45, 7) is 6.61. The molecule has 118 valence electrons. The summed E-state index contributed by atoms with van der Waals surface area (Å²) in [7, 11) is 1.72. The topological polar surface area (TPSA) is 55.8 Å². The summed E-state index contributed by atoms with van der Waals surface area (Å²) in [5, 5.41) is 0. The van der Waals surface area contributed by atoms with E-state index >= 15 is 0 Å². The van der Waals surface area contributed by atoms with E-state index in [0.29, 0.717) is 13.0 Å². The van der Waals surface area contributed by atoms with Gasteiger partial charge in [0.15, 0.2) is 0 Å². The van der Waals surface area contributed by atoms with Gasteiger partial charge in [-0.25, -0.2) is 4.79 Å². The predicted molar refractivity (Wildman–Crippen MR) is 71.8 cm³/mol. The van der Waals surface area contributed by atoms with Gasteiger partial charge in [-0.15, -0.1) is 0 Å². The molecule has 6 heteroatoms. The number of nitrogens with zero attached hydrogens (tertiary/aromatic N) is 1. The van der Waals surface area contributed by atoms with Gasteiger partial charge in [0, 0.05) is 36.6 Å². The van der Waals surface area contributed by atoms with Gasteiger partial charge < -0.3 is 14.4 Å². The van der Waals surface area contributed by atoms with E-state index in [2.05, 4.69) is 0 Å². The molecule has 0 aromatic carbocycles. The number of hydrogen-bond acceptors (Lipinski definition) is 4. The zero-order chi connectivity index (χ0) is 14.5. The SMILES string of the molecule is CN(CC1CCCCC1OC=O)C(=O)OC(C)(C)C.[Fe]. The van der Waals surface area contributed by atoms with E-state index in [4.69, 9.17) is 9.47 Å². The maximum absolute atomic E-state index is 11.9. The van der Waals surface area contributed by atoms with Crippen LogP contribution in [0.15, 0.2) is 0 Å². The molecule has 1 fully saturated rings. The molecule has 0 spiro atoms. The van der Waals surface area contributed by atoms with Crippen LogP contribution in [-0.4, -0.2) is 42.8 Å². The molecule has 0 aliphatic heterocycles. The van der Waals surface area contributed by atoms with Crippen molar-refractivity contribution >= 4 is 12.6 Å². The predicted octanol–water partition coefficient (Wildman–Crippen LogP) is 2.58. The Bertz CT molecular complexity index is 317. The molecule has 0 radical (unpaired) electrons. The first-order valence-electron chi connectivity index (χ1n) is 6.86. The number of carbonyl (C=O) groups is 2. The molecule has 1 saturated carbocycles. The molecule has 1 aliphatic carbocycles. The van der Waals surface area contributed by atoms with Gasteiger partial charge in [0.1, 0.15) is 11.7 Å². The second-order valence-electron chi connectivity index (χ2n) is 6.18. The zero-order valence-electron chi connectivity index (χ0n) is 12.7. The van der Waals surface area contributed by atoms with Gasteiger partial charge in [-0.2, -0.15) is 0 Å². The molecule has 2 atom stereocenters. The third-order valence-corrected chi connectivity index (χ3v) is 3.28. The first kappa shape index (κ1) is 19.3. The normalized spacial score (nSPS) is 22.4. The summed E-state index contributed by atoms with van der Waals surface area (Å²) in [6, 6.07) is 0. The Morgan fingerprint density at radius 2 is 1.90 bits per heavy atom. The zero-order valence-corrected chi connectivity index (χ0v) is 13.8. The van der Waals surface area contributed by atoms with Crippen LogP contribution in [0, 0.1) is 5.92 Å². The van der Waals surface area contributed by atoms with Crippen LogP contribution in [0.5, 0.6) is 0 Å². The van der Waals surface area contributed by atoms with Crippen LogP contribution in [0.25, 0.3) is 0 Å². The van der Waals surface area contributed by atoms with Crippen LogP contribution in [0.1, 0.15) is 46.5 Å². The summed E-state index contributed by atoms with van der Waals surface area (Å²) < 4.78 is 10.4. The molecule has 0 aromatic rings. The molecule has 0 aromatic heterocycles. The summed E-state index contributed by atoms with van der Waals surface area (Å²) in [4.78, 5) is 24.0. The van der Waals surface area contributed by atoms with Crippen molar-refractivity contribution < 1.29 is 36.1 Å². The first-order chi connectivity index (χ1) is 8.83. The Hall–Kier alpha value is -0.741. The van der Waals surface area contributed by atoms with Gasteiger partial charge in [0.2, 0.25) is 0 Å². The van der Waals surface area contributed by atoms with Crippen molar-refractivity contribution in [3.05, 3.63) is 0 Å². The van der Waals surface area contributed by atoms with Crippen molar-refractivity contribution in [2.45, 2.75) is 58.2 Å². The number of carbonyl (C=O) groups excluding carboxylic acids is 2. The van der Waals surface area contributed by atoms with E-state index in [1.807, 2.05) is 20.8 Å². The standard InChI is InChI=1S/C14H25NO4.Fe/c1-14(2,3)19-13(17)15(4)9-11-7-5-6-8-12(11)18-10-16;/h10-12H,5-9H2,1-4H3;. The minimum atomic E-state index is -0.489. The fraction of sp³-hybridized carbons (Fsp3) is 0.857. The van der Waals surface area contributed by atoms with Gasteiger partial charge in [0.05, 0.1) is 0 Å². The van der Waals surface area contributed by atoms with Crippen LogP contribution in [0.4, 0.5) is 4.79 Å².